The summed E-state index contributed by atoms with van der Waals surface area (Å²) in [7, 11) is -3.73. The first-order valence-electron chi connectivity index (χ1n) is 9.86. The maximum Gasteiger partial charge on any atom is 0.355 e. The van der Waals surface area contributed by atoms with Gasteiger partial charge in [-0.3, -0.25) is 0 Å². The van der Waals surface area contributed by atoms with Gasteiger partial charge in [-0.1, -0.05) is 12.1 Å². The number of ether oxygens (including phenoxy) is 1. The lowest BCUT2D eigenvalue weighted by molar-refractivity contribution is 0.0519. The van der Waals surface area contributed by atoms with Gasteiger partial charge in [0.15, 0.2) is 0 Å². The molecule has 1 aromatic heterocycles. The van der Waals surface area contributed by atoms with Crippen LogP contribution in [0.1, 0.15) is 41.2 Å². The zero-order valence-corrected chi connectivity index (χ0v) is 18.5. The van der Waals surface area contributed by atoms with E-state index in [2.05, 4.69) is 22.0 Å². The molecule has 158 valence electrons. The Labute approximate surface area is 172 Å². The van der Waals surface area contributed by atoms with Crippen molar-refractivity contribution in [2.45, 2.75) is 45.6 Å². The van der Waals surface area contributed by atoms with Crippen LogP contribution in [0, 0.1) is 20.8 Å². The molecule has 0 radical (unpaired) electrons. The lowest BCUT2D eigenvalue weighted by Gasteiger charge is -2.40. The topological polar surface area (TPSA) is 82.7 Å². The van der Waals surface area contributed by atoms with Gasteiger partial charge >= 0.3 is 5.97 Å². The van der Waals surface area contributed by atoms with Crippen molar-refractivity contribution < 1.29 is 17.9 Å². The quantitative estimate of drug-likeness (QED) is 0.754. The Balaban J connectivity index is 1.86. The van der Waals surface area contributed by atoms with Crippen LogP contribution in [0.5, 0.6) is 0 Å². The minimum atomic E-state index is -3.73. The minimum absolute atomic E-state index is 0.0319. The zero-order chi connectivity index (χ0) is 21.3. The van der Waals surface area contributed by atoms with Crippen molar-refractivity contribution >= 4 is 21.7 Å². The van der Waals surface area contributed by atoms with Crippen molar-refractivity contribution in [1.29, 1.82) is 0 Å². The van der Waals surface area contributed by atoms with E-state index in [0.29, 0.717) is 30.9 Å². The second kappa shape index (κ2) is 8.20. The number of hydrogen-bond donors (Lipinski definition) is 1. The molecule has 0 unspecified atom stereocenters. The maximum atomic E-state index is 13.4. The number of esters is 1. The molecule has 2 heterocycles. The standard InChI is InChI=1S/C21H29N3O4S/c1-6-28-21(25)19-16(4)20(17(5)22-19)29(26,27)23-10-11-24(15(3)13-23)18-9-7-8-14(2)12-18/h7-9,12,15,22H,6,10-11,13H2,1-5H3/t15-/m0/s1. The third kappa shape index (κ3) is 4.04. The third-order valence-electron chi connectivity index (χ3n) is 5.37. The molecule has 1 aliphatic heterocycles. The van der Waals surface area contributed by atoms with Crippen LogP contribution in [-0.4, -0.2) is 56.0 Å². The molecule has 8 heteroatoms. The van der Waals surface area contributed by atoms with Gasteiger partial charge in [0, 0.05) is 42.6 Å². The number of carbonyl (C=O) groups excluding carboxylic acids is 1. The Morgan fingerprint density at radius 1 is 1.24 bits per heavy atom. The number of aromatic nitrogens is 1. The number of sulfonamides is 1. The molecule has 1 N–H and O–H groups in total. The maximum absolute atomic E-state index is 13.4. The Morgan fingerprint density at radius 3 is 2.59 bits per heavy atom. The van der Waals surface area contributed by atoms with Gasteiger partial charge in [-0.05, 0) is 52.3 Å². The first kappa shape index (κ1) is 21.4. The van der Waals surface area contributed by atoms with Crippen molar-refractivity contribution in [2.24, 2.45) is 0 Å². The Bertz CT molecular complexity index is 1010. The molecule has 1 aromatic carbocycles. The second-order valence-electron chi connectivity index (χ2n) is 7.54. The van der Waals surface area contributed by atoms with E-state index in [0.717, 1.165) is 5.69 Å². The highest BCUT2D eigenvalue weighted by Crippen LogP contribution is 2.30. The molecule has 1 atom stereocenters. The molecule has 0 saturated carbocycles. The predicted molar refractivity (Wildman–Crippen MR) is 113 cm³/mol. The molecular formula is C21H29N3O4S. The normalized spacial score (nSPS) is 18.1. The SMILES string of the molecule is CCOC(=O)c1[nH]c(C)c(S(=O)(=O)N2CCN(c3cccc(C)c3)[C@@H](C)C2)c1C. The van der Waals surface area contributed by atoms with Gasteiger partial charge in [-0.25, -0.2) is 13.2 Å². The summed E-state index contributed by atoms with van der Waals surface area (Å²) in [6.07, 6.45) is 0. The number of carbonyl (C=O) groups is 1. The summed E-state index contributed by atoms with van der Waals surface area (Å²) in [5.41, 5.74) is 3.35. The fraction of sp³-hybridized carbons (Fsp3) is 0.476. The van der Waals surface area contributed by atoms with Crippen LogP contribution in [0.3, 0.4) is 0 Å². The number of hydrogen-bond acceptors (Lipinski definition) is 5. The van der Waals surface area contributed by atoms with Crippen molar-refractivity contribution in [2.75, 3.05) is 31.1 Å². The van der Waals surface area contributed by atoms with E-state index in [1.165, 1.54) is 9.87 Å². The number of rotatable bonds is 5. The fourth-order valence-corrected chi connectivity index (χ4v) is 5.91. The van der Waals surface area contributed by atoms with Gasteiger partial charge in [0.2, 0.25) is 10.0 Å². The van der Waals surface area contributed by atoms with E-state index >= 15 is 0 Å². The molecule has 0 bridgehead atoms. The molecule has 1 fully saturated rings. The second-order valence-corrected chi connectivity index (χ2v) is 9.42. The summed E-state index contributed by atoms with van der Waals surface area (Å²) in [5.74, 6) is -0.535. The minimum Gasteiger partial charge on any atom is -0.461 e. The van der Waals surface area contributed by atoms with Crippen LogP contribution in [-0.2, 0) is 14.8 Å². The first-order chi connectivity index (χ1) is 13.7. The molecule has 1 aliphatic rings. The summed E-state index contributed by atoms with van der Waals surface area (Å²) in [5, 5.41) is 0. The molecule has 2 aromatic rings. The van der Waals surface area contributed by atoms with E-state index in [4.69, 9.17) is 4.74 Å². The van der Waals surface area contributed by atoms with E-state index in [1.807, 2.05) is 26.0 Å². The van der Waals surface area contributed by atoms with Crippen LogP contribution in [0.15, 0.2) is 29.2 Å². The van der Waals surface area contributed by atoms with Crippen molar-refractivity contribution in [3.63, 3.8) is 0 Å². The molecule has 0 aliphatic carbocycles. The number of aryl methyl sites for hydroxylation is 2. The number of H-pyrrole nitrogens is 1. The molecule has 1 saturated heterocycles. The highest BCUT2D eigenvalue weighted by atomic mass is 32.2. The summed E-state index contributed by atoms with van der Waals surface area (Å²) in [4.78, 5) is 17.5. The number of aromatic amines is 1. The summed E-state index contributed by atoms with van der Waals surface area (Å²) < 4.78 is 33.4. The third-order valence-corrected chi connectivity index (χ3v) is 7.51. The summed E-state index contributed by atoms with van der Waals surface area (Å²) in [6.45, 7) is 10.7. The van der Waals surface area contributed by atoms with Crippen LogP contribution < -0.4 is 4.90 Å². The lowest BCUT2D eigenvalue weighted by atomic mass is 10.1. The van der Waals surface area contributed by atoms with Crippen LogP contribution in [0.2, 0.25) is 0 Å². The number of nitrogens with zero attached hydrogens (tertiary/aromatic N) is 2. The van der Waals surface area contributed by atoms with Gasteiger partial charge in [0.05, 0.1) is 6.61 Å². The smallest absolute Gasteiger partial charge is 0.355 e. The highest BCUT2D eigenvalue weighted by Gasteiger charge is 2.36. The van der Waals surface area contributed by atoms with Crippen molar-refractivity contribution in [3.8, 4) is 0 Å². The lowest BCUT2D eigenvalue weighted by Crippen LogP contribution is -2.53. The molecular weight excluding hydrogens is 390 g/mol. The summed E-state index contributed by atoms with van der Waals surface area (Å²) in [6, 6.07) is 8.27. The van der Waals surface area contributed by atoms with Gasteiger partial charge in [0.25, 0.3) is 0 Å². The van der Waals surface area contributed by atoms with Crippen LogP contribution >= 0.6 is 0 Å². The Hall–Kier alpha value is -2.32. The zero-order valence-electron chi connectivity index (χ0n) is 17.7. The number of benzene rings is 1. The van der Waals surface area contributed by atoms with E-state index < -0.39 is 16.0 Å². The number of anilines is 1. The Kier molecular flexibility index (Phi) is 6.05. The van der Waals surface area contributed by atoms with Gasteiger partial charge in [-0.15, -0.1) is 0 Å². The molecule has 7 nitrogen and oxygen atoms in total. The van der Waals surface area contributed by atoms with Crippen LogP contribution in [0.25, 0.3) is 0 Å². The number of nitrogens with one attached hydrogen (secondary N) is 1. The van der Waals surface area contributed by atoms with E-state index in [1.54, 1.807) is 20.8 Å². The average Bonchev–Trinajstić information content (AvgIpc) is 2.96. The predicted octanol–water partition coefficient (Wildman–Crippen LogP) is 3.02. The van der Waals surface area contributed by atoms with Gasteiger partial charge in [-0.2, -0.15) is 4.31 Å². The van der Waals surface area contributed by atoms with Gasteiger partial charge in [0.1, 0.15) is 10.6 Å². The van der Waals surface area contributed by atoms with E-state index in [-0.39, 0.29) is 23.2 Å². The van der Waals surface area contributed by atoms with Crippen LogP contribution in [0.4, 0.5) is 5.69 Å². The van der Waals surface area contributed by atoms with Crippen molar-refractivity contribution in [1.82, 2.24) is 9.29 Å². The monoisotopic (exact) mass is 419 g/mol. The average molecular weight is 420 g/mol. The van der Waals surface area contributed by atoms with Gasteiger partial charge < -0.3 is 14.6 Å². The Morgan fingerprint density at radius 2 is 1.97 bits per heavy atom. The molecule has 3 rings (SSSR count). The number of piperazine rings is 1. The summed E-state index contributed by atoms with van der Waals surface area (Å²) >= 11 is 0. The molecule has 29 heavy (non-hydrogen) atoms. The fourth-order valence-electron chi connectivity index (χ4n) is 3.99. The van der Waals surface area contributed by atoms with Crippen molar-refractivity contribution in [3.05, 3.63) is 46.8 Å². The molecule has 0 amide bonds. The first-order valence-corrected chi connectivity index (χ1v) is 11.3. The highest BCUT2D eigenvalue weighted by molar-refractivity contribution is 7.89. The molecule has 0 spiro atoms. The van der Waals surface area contributed by atoms with E-state index in [9.17, 15) is 13.2 Å². The largest absolute Gasteiger partial charge is 0.461 e.